The van der Waals surface area contributed by atoms with Crippen molar-refractivity contribution >= 4 is 40.7 Å². The number of anilines is 1. The predicted octanol–water partition coefficient (Wildman–Crippen LogP) is 3.45. The first kappa shape index (κ1) is 23.3. The number of benzene rings is 3. The van der Waals surface area contributed by atoms with E-state index in [0.717, 1.165) is 42.5 Å². The molecule has 7 heteroatoms. The molecule has 2 saturated heterocycles. The molecule has 6 rings (SSSR count). The molecule has 4 nitrogen and oxygen atoms in total. The van der Waals surface area contributed by atoms with Gasteiger partial charge in [0.05, 0.1) is 11.3 Å². The van der Waals surface area contributed by atoms with Crippen LogP contribution in [0.15, 0.2) is 84.9 Å². The molecule has 0 spiro atoms. The van der Waals surface area contributed by atoms with Crippen LogP contribution in [-0.4, -0.2) is 16.4 Å². The summed E-state index contributed by atoms with van der Waals surface area (Å²) in [5.41, 5.74) is 3.94. The number of fused-ring (bicyclic) bond motifs is 2. The number of nitrogens with zero attached hydrogens (tertiary/aromatic N) is 2. The van der Waals surface area contributed by atoms with E-state index in [9.17, 15) is 4.79 Å². The summed E-state index contributed by atoms with van der Waals surface area (Å²) in [6.45, 7) is 0. The van der Waals surface area contributed by atoms with E-state index in [2.05, 4.69) is 16.9 Å². The van der Waals surface area contributed by atoms with E-state index < -0.39 is 9.93 Å². The Balaban J connectivity index is 0.00000241. The van der Waals surface area contributed by atoms with E-state index in [4.69, 9.17) is 16.4 Å². The molecule has 2 aliphatic heterocycles. The van der Waals surface area contributed by atoms with Crippen LogP contribution in [0.3, 0.4) is 0 Å². The zero-order valence-electron chi connectivity index (χ0n) is 18.5. The van der Waals surface area contributed by atoms with Gasteiger partial charge in [0.15, 0.2) is 0 Å². The molecule has 3 aliphatic rings. The molecule has 0 radical (unpaired) electrons. The highest BCUT2D eigenvalue weighted by molar-refractivity contribution is 8.02. The zero-order valence-corrected chi connectivity index (χ0v) is 20.8. The van der Waals surface area contributed by atoms with Gasteiger partial charge >= 0.3 is 15.8 Å². The maximum Gasteiger partial charge on any atom is 0.372 e. The van der Waals surface area contributed by atoms with Gasteiger partial charge in [-0.2, -0.15) is 0 Å². The van der Waals surface area contributed by atoms with Crippen LogP contribution >= 0.6 is 23.4 Å². The fraction of sp³-hybridized carbons (Fsp3) is 0.259. The van der Waals surface area contributed by atoms with Gasteiger partial charge in [-0.15, -0.1) is 0 Å². The molecule has 1 amide bonds. The Kier molecular flexibility index (Phi) is 6.13. The van der Waals surface area contributed by atoms with Gasteiger partial charge in [0.25, 0.3) is 0 Å². The van der Waals surface area contributed by atoms with Crippen LogP contribution in [0, 0.1) is 0 Å². The van der Waals surface area contributed by atoms with E-state index in [0.29, 0.717) is 5.02 Å². The van der Waals surface area contributed by atoms with Gasteiger partial charge in [0, 0.05) is 39.9 Å². The van der Waals surface area contributed by atoms with Crippen molar-refractivity contribution in [1.29, 1.82) is 0 Å². The first-order valence-corrected chi connectivity index (χ1v) is 12.6. The van der Waals surface area contributed by atoms with E-state index in [-0.39, 0.29) is 18.3 Å². The van der Waals surface area contributed by atoms with Crippen molar-refractivity contribution in [2.45, 2.75) is 42.0 Å². The number of amides is 1. The molecule has 0 aromatic heterocycles. The second-order valence-corrected chi connectivity index (χ2v) is 10.5. The molecule has 174 valence electrons. The fourth-order valence-corrected chi connectivity index (χ4v) is 6.99. The summed E-state index contributed by atoms with van der Waals surface area (Å²) >= 11 is 7.79. The van der Waals surface area contributed by atoms with Crippen molar-refractivity contribution in [3.63, 3.8) is 0 Å². The summed E-state index contributed by atoms with van der Waals surface area (Å²) in [7, 11) is 0. The van der Waals surface area contributed by atoms with Crippen LogP contribution in [0.25, 0.3) is 0 Å². The third-order valence-electron chi connectivity index (χ3n) is 6.68. The molecular weight excluding hydrogens is 487 g/mol. The molecule has 0 unspecified atom stereocenters. The SMILES string of the molecule is O=C1N(c2ccc(Cl)cc2)[C@]2(c3ccccc3)S[C@@]1(c1ccccc1)O[N+]2=C1CCCCC1.[Cl-]. The number of hydrogen-bond acceptors (Lipinski definition) is 3. The van der Waals surface area contributed by atoms with Gasteiger partial charge < -0.3 is 12.4 Å². The summed E-state index contributed by atoms with van der Waals surface area (Å²) in [6, 6.07) is 27.7. The maximum absolute atomic E-state index is 14.3. The zero-order chi connectivity index (χ0) is 22.5. The van der Waals surface area contributed by atoms with Crippen molar-refractivity contribution in [2.24, 2.45) is 0 Å². The minimum absolute atomic E-state index is 0. The minimum atomic E-state index is -1.15. The molecule has 2 atom stereocenters. The predicted molar refractivity (Wildman–Crippen MR) is 132 cm³/mol. The lowest BCUT2D eigenvalue weighted by molar-refractivity contribution is -0.831. The third-order valence-corrected chi connectivity index (χ3v) is 8.57. The summed E-state index contributed by atoms with van der Waals surface area (Å²) < 4.78 is 2.06. The number of hydrogen-bond donors (Lipinski definition) is 0. The van der Waals surface area contributed by atoms with Crippen molar-refractivity contribution in [2.75, 3.05) is 4.90 Å². The fourth-order valence-electron chi connectivity index (χ4n) is 5.13. The molecule has 3 aromatic rings. The number of hydroxylamine groups is 1. The third kappa shape index (κ3) is 3.36. The lowest BCUT2D eigenvalue weighted by atomic mass is 9.97. The quantitative estimate of drug-likeness (QED) is 0.506. The Morgan fingerprint density at radius 2 is 1.41 bits per heavy atom. The van der Waals surface area contributed by atoms with Crippen LogP contribution in [0.4, 0.5) is 5.69 Å². The molecule has 2 heterocycles. The summed E-state index contributed by atoms with van der Waals surface area (Å²) in [4.78, 5) is 21.0. The lowest BCUT2D eigenvalue weighted by Crippen LogP contribution is -3.00. The second kappa shape index (κ2) is 8.95. The van der Waals surface area contributed by atoms with Gasteiger partial charge in [-0.3, -0.25) is 4.79 Å². The van der Waals surface area contributed by atoms with Crippen molar-refractivity contribution in [3.05, 3.63) is 101 Å². The maximum atomic E-state index is 14.3. The molecule has 3 aromatic carbocycles. The molecule has 1 aliphatic carbocycles. The first-order chi connectivity index (χ1) is 16.1. The Hall–Kier alpha value is -2.47. The highest BCUT2D eigenvalue weighted by Crippen LogP contribution is 2.66. The van der Waals surface area contributed by atoms with Crippen LogP contribution in [0.2, 0.25) is 5.02 Å². The van der Waals surface area contributed by atoms with Crippen LogP contribution in [0.1, 0.15) is 43.2 Å². The number of halogens is 2. The topological polar surface area (TPSA) is 32.6 Å². The smallest absolute Gasteiger partial charge is 0.372 e. The minimum Gasteiger partial charge on any atom is -1.00 e. The Bertz CT molecular complexity index is 1230. The molecule has 34 heavy (non-hydrogen) atoms. The monoisotopic (exact) mass is 510 g/mol. The Labute approximate surface area is 214 Å². The molecule has 2 bridgehead atoms. The van der Waals surface area contributed by atoms with E-state index in [1.807, 2.05) is 77.7 Å². The standard InChI is InChI=1S/C27H24ClN2O2S.ClH/c28-22-16-18-23(19-17-22)29-25(31)26(20-10-4-1-5-11-20)32-30(24-14-8-3-9-15-24)27(29,33-26)21-12-6-2-7-13-21;/h1-2,4-7,10-13,16-19H,3,8-9,14-15H2;1H/q+1;/p-1/t26-,27+;/m1./s1. The molecule has 1 saturated carbocycles. The number of rotatable bonds is 3. The molecular formula is C27H24Cl2N2O2S. The van der Waals surface area contributed by atoms with Crippen LogP contribution < -0.4 is 17.3 Å². The molecule has 3 fully saturated rings. The largest absolute Gasteiger partial charge is 1.00 e. The van der Waals surface area contributed by atoms with Crippen molar-refractivity contribution in [1.82, 2.24) is 0 Å². The first-order valence-electron chi connectivity index (χ1n) is 11.4. The van der Waals surface area contributed by atoms with E-state index in [1.54, 1.807) is 11.8 Å². The lowest BCUT2D eigenvalue weighted by Gasteiger charge is -2.34. The highest BCUT2D eigenvalue weighted by atomic mass is 35.5. The van der Waals surface area contributed by atoms with Gasteiger partial charge in [-0.1, -0.05) is 66.6 Å². The van der Waals surface area contributed by atoms with Crippen LogP contribution in [0.5, 0.6) is 0 Å². The highest BCUT2D eigenvalue weighted by Gasteiger charge is 2.80. The Morgan fingerprint density at radius 1 is 0.824 bits per heavy atom. The molecule has 0 N–H and O–H groups in total. The second-order valence-electron chi connectivity index (χ2n) is 8.69. The summed E-state index contributed by atoms with van der Waals surface area (Å²) in [5.74, 6) is -0.0717. The summed E-state index contributed by atoms with van der Waals surface area (Å²) in [5, 5.41) is 0.643. The van der Waals surface area contributed by atoms with E-state index in [1.165, 1.54) is 12.1 Å². The average Bonchev–Trinajstić information content (AvgIpc) is 3.37. The number of carbonyl (C=O) groups excluding carboxylic acids is 1. The normalized spacial score (nSPS) is 25.8. The average molecular weight is 511 g/mol. The van der Waals surface area contributed by atoms with E-state index >= 15 is 0 Å². The van der Waals surface area contributed by atoms with Gasteiger partial charge in [0.2, 0.25) is 5.71 Å². The van der Waals surface area contributed by atoms with Gasteiger partial charge in [-0.05, 0) is 49.2 Å². The van der Waals surface area contributed by atoms with Crippen LogP contribution in [-0.2, 0) is 19.6 Å². The number of thioether (sulfide) groups is 1. The van der Waals surface area contributed by atoms with Crippen molar-refractivity contribution in [3.8, 4) is 0 Å². The number of carbonyl (C=O) groups is 1. The van der Waals surface area contributed by atoms with Crippen molar-refractivity contribution < 1.29 is 26.8 Å². The van der Waals surface area contributed by atoms with Gasteiger partial charge in [-0.25, -0.2) is 9.74 Å². The van der Waals surface area contributed by atoms with Gasteiger partial charge in [0.1, 0.15) is 0 Å². The summed E-state index contributed by atoms with van der Waals surface area (Å²) in [6.07, 6.45) is 5.45. The Morgan fingerprint density at radius 3 is 2.03 bits per heavy atom.